The number of unbranched alkanes of at least 4 members (excludes halogenated alkanes) is 2. The van der Waals surface area contributed by atoms with Gasteiger partial charge in [-0.05, 0) is 49.5 Å². The van der Waals surface area contributed by atoms with Gasteiger partial charge in [0.05, 0.1) is 23.3 Å². The third-order valence-electron chi connectivity index (χ3n) is 5.61. The minimum Gasteiger partial charge on any atom is -0.832 e. The summed E-state index contributed by atoms with van der Waals surface area (Å²) < 4.78 is 5.75. The fourth-order valence-corrected chi connectivity index (χ4v) is 3.70. The van der Waals surface area contributed by atoms with E-state index in [0.29, 0.717) is 18.1 Å². The topological polar surface area (TPSA) is 82.5 Å². The maximum Gasteiger partial charge on any atom is 0.132 e. The van der Waals surface area contributed by atoms with Gasteiger partial charge in [0.2, 0.25) is 0 Å². The van der Waals surface area contributed by atoms with Crippen LogP contribution in [0.15, 0.2) is 41.8 Å². The van der Waals surface area contributed by atoms with E-state index >= 15 is 0 Å². The lowest BCUT2D eigenvalue weighted by Gasteiger charge is -2.32. The summed E-state index contributed by atoms with van der Waals surface area (Å²) in [5, 5.41) is 15.5. The summed E-state index contributed by atoms with van der Waals surface area (Å²) in [7, 11) is 0. The zero-order valence-electron chi connectivity index (χ0n) is 16.3. The maximum absolute atomic E-state index is 12.5. The van der Waals surface area contributed by atoms with Crippen molar-refractivity contribution in [1.82, 2.24) is 9.97 Å². The zero-order chi connectivity index (χ0) is 19.3. The van der Waals surface area contributed by atoms with Crippen LogP contribution in [0.3, 0.4) is 0 Å². The zero-order valence-corrected chi connectivity index (χ0v) is 16.3. The Kier molecular flexibility index (Phi) is 5.86. The van der Waals surface area contributed by atoms with E-state index in [0.717, 1.165) is 41.7 Å². The van der Waals surface area contributed by atoms with E-state index in [9.17, 15) is 5.11 Å². The van der Waals surface area contributed by atoms with Crippen molar-refractivity contribution >= 4 is 17.1 Å². The number of fused-ring (bicyclic) bond motifs is 1. The highest BCUT2D eigenvalue weighted by Gasteiger charge is 2.31. The molecular weight excluding hydrogens is 352 g/mol. The number of hydrogen-bond acceptors (Lipinski definition) is 6. The second-order valence-corrected chi connectivity index (χ2v) is 7.86. The molecular formula is C22H27N4O2-. The highest BCUT2D eigenvalue weighted by Crippen LogP contribution is 2.41. The Hall–Kier alpha value is -2.47. The van der Waals surface area contributed by atoms with Gasteiger partial charge in [-0.15, -0.1) is 0 Å². The number of aromatic nitrogens is 2. The Labute approximate surface area is 166 Å². The SMILES string of the molecule is CC1C[C@H]1CCCCCC1=Nc2ccc(OCc3cnccn3)cc2NC1[O-]. The molecule has 28 heavy (non-hydrogen) atoms. The molecule has 1 aromatic carbocycles. The molecule has 0 amide bonds. The third kappa shape index (κ3) is 4.87. The molecule has 2 unspecified atom stereocenters. The van der Waals surface area contributed by atoms with Gasteiger partial charge in [-0.1, -0.05) is 26.2 Å². The van der Waals surface area contributed by atoms with Crippen LogP contribution in [0.1, 0.15) is 51.1 Å². The van der Waals surface area contributed by atoms with Crippen molar-refractivity contribution in [2.75, 3.05) is 5.32 Å². The third-order valence-corrected chi connectivity index (χ3v) is 5.61. The summed E-state index contributed by atoms with van der Waals surface area (Å²) in [6, 6.07) is 5.60. The molecule has 2 aliphatic rings. The highest BCUT2D eigenvalue weighted by molar-refractivity contribution is 5.96. The molecule has 1 fully saturated rings. The van der Waals surface area contributed by atoms with E-state index in [-0.39, 0.29) is 0 Å². The first kappa shape index (κ1) is 18.9. The normalized spacial score (nSPS) is 22.8. The number of nitrogens with one attached hydrogen (secondary N) is 1. The number of hydrogen-bond donors (Lipinski definition) is 1. The lowest BCUT2D eigenvalue weighted by atomic mass is 10.0. The molecule has 3 atom stereocenters. The van der Waals surface area contributed by atoms with Crippen molar-refractivity contribution in [3.63, 3.8) is 0 Å². The van der Waals surface area contributed by atoms with Gasteiger partial charge in [0.25, 0.3) is 0 Å². The molecule has 1 saturated carbocycles. The van der Waals surface area contributed by atoms with Crippen molar-refractivity contribution < 1.29 is 9.84 Å². The van der Waals surface area contributed by atoms with Crippen molar-refractivity contribution in [2.24, 2.45) is 16.8 Å². The van der Waals surface area contributed by atoms with E-state index in [1.807, 2.05) is 18.2 Å². The molecule has 148 valence electrons. The smallest absolute Gasteiger partial charge is 0.132 e. The largest absolute Gasteiger partial charge is 0.832 e. The average molecular weight is 379 g/mol. The van der Waals surface area contributed by atoms with Gasteiger partial charge in [0.1, 0.15) is 12.4 Å². The van der Waals surface area contributed by atoms with Gasteiger partial charge >= 0.3 is 0 Å². The van der Waals surface area contributed by atoms with Crippen LogP contribution in [-0.4, -0.2) is 21.9 Å². The maximum atomic E-state index is 12.5. The predicted molar refractivity (Wildman–Crippen MR) is 108 cm³/mol. The van der Waals surface area contributed by atoms with Crippen LogP contribution in [-0.2, 0) is 6.61 Å². The number of nitrogens with zero attached hydrogens (tertiary/aromatic N) is 3. The number of rotatable bonds is 9. The minimum atomic E-state index is -0.980. The van der Waals surface area contributed by atoms with Crippen molar-refractivity contribution in [3.8, 4) is 5.75 Å². The molecule has 6 nitrogen and oxygen atoms in total. The van der Waals surface area contributed by atoms with E-state index < -0.39 is 6.23 Å². The van der Waals surface area contributed by atoms with Crippen molar-refractivity contribution in [2.45, 2.75) is 58.3 Å². The number of benzene rings is 1. The summed E-state index contributed by atoms with van der Waals surface area (Å²) in [6.45, 7) is 2.67. The van der Waals surface area contributed by atoms with Gasteiger partial charge in [0.15, 0.2) is 0 Å². The van der Waals surface area contributed by atoms with Crippen LogP contribution >= 0.6 is 0 Å². The second-order valence-electron chi connectivity index (χ2n) is 7.86. The standard InChI is InChI=1S/C22H27N4O2/c1-15-11-16(15)5-3-2-4-6-20-22(27)26-21-12-18(7-8-19(21)25-20)28-14-17-13-23-9-10-24-17/h7-10,12-13,15-16,22,26H,2-6,11,14H2,1H3/q-1/t15?,16-,22?/m1/s1. The van der Waals surface area contributed by atoms with E-state index in [2.05, 4.69) is 27.2 Å². The predicted octanol–water partition coefficient (Wildman–Crippen LogP) is 3.85. The molecule has 0 spiro atoms. The molecule has 1 N–H and O–H groups in total. The Morgan fingerprint density at radius 3 is 2.89 bits per heavy atom. The van der Waals surface area contributed by atoms with E-state index in [1.54, 1.807) is 18.6 Å². The van der Waals surface area contributed by atoms with E-state index in [1.165, 1.54) is 25.7 Å². The lowest BCUT2D eigenvalue weighted by Crippen LogP contribution is -2.43. The van der Waals surface area contributed by atoms with Crippen LogP contribution in [0.2, 0.25) is 0 Å². The summed E-state index contributed by atoms with van der Waals surface area (Å²) in [5.74, 6) is 2.57. The van der Waals surface area contributed by atoms with Crippen LogP contribution < -0.4 is 15.2 Å². The molecule has 2 aromatic rings. The minimum absolute atomic E-state index is 0.335. The van der Waals surface area contributed by atoms with Gasteiger partial charge < -0.3 is 15.2 Å². The molecule has 0 radical (unpaired) electrons. The molecule has 0 saturated heterocycles. The van der Waals surface area contributed by atoms with Gasteiger partial charge in [-0.3, -0.25) is 15.0 Å². The quantitative estimate of drug-likeness (QED) is 0.669. The van der Waals surface area contributed by atoms with Crippen LogP contribution in [0, 0.1) is 11.8 Å². The summed E-state index contributed by atoms with van der Waals surface area (Å²) in [6.07, 6.45) is 11.0. The first-order chi connectivity index (χ1) is 13.7. The van der Waals surface area contributed by atoms with Crippen LogP contribution in [0.25, 0.3) is 0 Å². The monoisotopic (exact) mass is 379 g/mol. The van der Waals surface area contributed by atoms with Gasteiger partial charge in [0, 0.05) is 24.2 Å². The molecule has 1 aromatic heterocycles. The lowest BCUT2D eigenvalue weighted by molar-refractivity contribution is -0.386. The number of anilines is 1. The van der Waals surface area contributed by atoms with Crippen molar-refractivity contribution in [3.05, 3.63) is 42.5 Å². The Morgan fingerprint density at radius 1 is 1.21 bits per heavy atom. The van der Waals surface area contributed by atoms with Crippen LogP contribution in [0.5, 0.6) is 5.75 Å². The number of ether oxygens (including phenoxy) is 1. The molecule has 1 aliphatic carbocycles. The molecule has 6 heteroatoms. The first-order valence-electron chi connectivity index (χ1n) is 10.2. The highest BCUT2D eigenvalue weighted by atomic mass is 16.5. The summed E-state index contributed by atoms with van der Waals surface area (Å²) in [5.41, 5.74) is 3.00. The summed E-state index contributed by atoms with van der Waals surface area (Å²) in [4.78, 5) is 12.8. The fourth-order valence-electron chi connectivity index (χ4n) is 3.70. The molecule has 4 rings (SSSR count). The average Bonchev–Trinajstić information content (AvgIpc) is 3.42. The fraction of sp³-hybridized carbons (Fsp3) is 0.500. The first-order valence-corrected chi connectivity index (χ1v) is 10.2. The Morgan fingerprint density at radius 2 is 2.11 bits per heavy atom. The second kappa shape index (κ2) is 8.69. The van der Waals surface area contributed by atoms with E-state index in [4.69, 9.17) is 4.74 Å². The summed E-state index contributed by atoms with van der Waals surface area (Å²) >= 11 is 0. The van der Waals surface area contributed by atoms with Crippen LogP contribution in [0.4, 0.5) is 11.4 Å². The molecule has 0 bridgehead atoms. The molecule has 1 aliphatic heterocycles. The number of aliphatic imine (C=N–C) groups is 1. The van der Waals surface area contributed by atoms with Gasteiger partial charge in [-0.2, -0.15) is 0 Å². The Bertz CT molecular complexity index is 825. The van der Waals surface area contributed by atoms with Gasteiger partial charge in [-0.25, -0.2) is 0 Å². The Balaban J connectivity index is 1.29. The molecule has 2 heterocycles. The van der Waals surface area contributed by atoms with Crippen molar-refractivity contribution in [1.29, 1.82) is 0 Å².